The van der Waals surface area contributed by atoms with Crippen molar-refractivity contribution in [1.82, 2.24) is 20.4 Å². The Morgan fingerprint density at radius 2 is 1.90 bits per heavy atom. The van der Waals surface area contributed by atoms with Gasteiger partial charge in [0.1, 0.15) is 0 Å². The molecule has 1 aliphatic rings. The minimum Gasteiger partial charge on any atom is -0.356 e. The fraction of sp³-hybridized carbons (Fsp3) is 0.929. The van der Waals surface area contributed by atoms with Crippen LogP contribution in [0.1, 0.15) is 13.8 Å². The van der Waals surface area contributed by atoms with Crippen LogP contribution in [0.15, 0.2) is 4.99 Å². The average Bonchev–Trinajstić information content (AvgIpc) is 2.50. The summed E-state index contributed by atoms with van der Waals surface area (Å²) in [5.74, 6) is 2.02. The molecule has 7 heteroatoms. The van der Waals surface area contributed by atoms with E-state index in [2.05, 4.69) is 45.5 Å². The monoisotopic (exact) mass is 429 g/mol. The Balaban J connectivity index is 0.00000400. The standard InChI is InChI=1S/C14H31N5S.HI/c1-5-18-7-9-19(10-8-18)13(2)12-17-14(15-3)16-6-11-20-4;/h13H,5-12H2,1-4H3,(H2,15,16,17);1H. The van der Waals surface area contributed by atoms with E-state index in [-0.39, 0.29) is 24.0 Å². The largest absolute Gasteiger partial charge is 0.356 e. The Hall–Kier alpha value is 0.270. The molecule has 0 aromatic rings. The van der Waals surface area contributed by atoms with E-state index in [1.165, 1.54) is 32.7 Å². The average molecular weight is 429 g/mol. The molecule has 0 aromatic heterocycles. The van der Waals surface area contributed by atoms with E-state index in [4.69, 9.17) is 0 Å². The Bertz CT molecular complexity index is 283. The van der Waals surface area contributed by atoms with Gasteiger partial charge >= 0.3 is 0 Å². The number of rotatable bonds is 7. The highest BCUT2D eigenvalue weighted by Crippen LogP contribution is 2.05. The molecule has 1 fully saturated rings. The van der Waals surface area contributed by atoms with Crippen LogP contribution in [0.2, 0.25) is 0 Å². The number of guanidine groups is 1. The normalized spacial score (nSPS) is 19.0. The van der Waals surface area contributed by atoms with Gasteiger partial charge in [-0.15, -0.1) is 24.0 Å². The van der Waals surface area contributed by atoms with Gasteiger partial charge in [-0.3, -0.25) is 9.89 Å². The quantitative estimate of drug-likeness (QED) is 0.275. The van der Waals surface area contributed by atoms with E-state index in [0.717, 1.165) is 24.8 Å². The molecule has 1 rings (SSSR count). The summed E-state index contributed by atoms with van der Waals surface area (Å²) in [6.07, 6.45) is 2.12. The molecule has 0 spiro atoms. The summed E-state index contributed by atoms with van der Waals surface area (Å²) >= 11 is 1.85. The summed E-state index contributed by atoms with van der Waals surface area (Å²) in [5, 5.41) is 6.76. The summed E-state index contributed by atoms with van der Waals surface area (Å²) in [4.78, 5) is 9.34. The van der Waals surface area contributed by atoms with Crippen LogP contribution in [0.3, 0.4) is 0 Å². The Morgan fingerprint density at radius 3 is 2.43 bits per heavy atom. The second-order valence-electron chi connectivity index (χ2n) is 5.19. The zero-order valence-electron chi connectivity index (χ0n) is 13.9. The molecular formula is C14H32IN5S. The highest BCUT2D eigenvalue weighted by atomic mass is 127. The summed E-state index contributed by atoms with van der Waals surface area (Å²) in [7, 11) is 1.83. The summed E-state index contributed by atoms with van der Waals surface area (Å²) in [6.45, 7) is 12.4. The molecule has 5 nitrogen and oxygen atoms in total. The fourth-order valence-electron chi connectivity index (χ4n) is 2.39. The maximum Gasteiger partial charge on any atom is 0.191 e. The van der Waals surface area contributed by atoms with Crippen LogP contribution in [0.5, 0.6) is 0 Å². The number of thioether (sulfide) groups is 1. The first kappa shape index (κ1) is 21.3. The zero-order valence-corrected chi connectivity index (χ0v) is 17.0. The van der Waals surface area contributed by atoms with Crippen LogP contribution in [-0.2, 0) is 0 Å². The molecule has 1 unspecified atom stereocenters. The van der Waals surface area contributed by atoms with Crippen LogP contribution in [0, 0.1) is 0 Å². The Morgan fingerprint density at radius 1 is 1.24 bits per heavy atom. The number of nitrogens with one attached hydrogen (secondary N) is 2. The number of piperazine rings is 1. The Labute approximate surface area is 151 Å². The molecule has 0 radical (unpaired) electrons. The third-order valence-corrected chi connectivity index (χ3v) is 4.48. The molecule has 1 heterocycles. The van der Waals surface area contributed by atoms with Gasteiger partial charge in [-0.05, 0) is 19.7 Å². The van der Waals surface area contributed by atoms with Crippen molar-refractivity contribution in [2.24, 2.45) is 4.99 Å². The third kappa shape index (κ3) is 8.47. The summed E-state index contributed by atoms with van der Waals surface area (Å²) in [5.41, 5.74) is 0. The first-order chi connectivity index (χ1) is 9.71. The first-order valence-electron chi connectivity index (χ1n) is 7.61. The van der Waals surface area contributed by atoms with Gasteiger partial charge in [0.25, 0.3) is 0 Å². The lowest BCUT2D eigenvalue weighted by Crippen LogP contribution is -2.53. The Kier molecular flexibility index (Phi) is 12.9. The molecule has 1 saturated heterocycles. The lowest BCUT2D eigenvalue weighted by Gasteiger charge is -2.37. The van der Waals surface area contributed by atoms with Gasteiger partial charge in [-0.25, -0.2) is 0 Å². The molecule has 1 atom stereocenters. The highest BCUT2D eigenvalue weighted by molar-refractivity contribution is 14.0. The number of halogens is 1. The van der Waals surface area contributed by atoms with Gasteiger partial charge in [0.15, 0.2) is 5.96 Å². The summed E-state index contributed by atoms with van der Waals surface area (Å²) < 4.78 is 0. The molecule has 21 heavy (non-hydrogen) atoms. The third-order valence-electron chi connectivity index (χ3n) is 3.86. The molecule has 0 saturated carbocycles. The van der Waals surface area contributed by atoms with E-state index in [0.29, 0.717) is 6.04 Å². The summed E-state index contributed by atoms with van der Waals surface area (Å²) in [6, 6.07) is 0.549. The van der Waals surface area contributed by atoms with E-state index in [1.807, 2.05) is 18.8 Å². The van der Waals surface area contributed by atoms with Crippen molar-refractivity contribution in [3.63, 3.8) is 0 Å². The minimum atomic E-state index is 0. The van der Waals surface area contributed by atoms with E-state index >= 15 is 0 Å². The zero-order chi connectivity index (χ0) is 14.8. The van der Waals surface area contributed by atoms with E-state index < -0.39 is 0 Å². The topological polar surface area (TPSA) is 42.9 Å². The van der Waals surface area contributed by atoms with Gasteiger partial charge in [0.2, 0.25) is 0 Å². The van der Waals surface area contributed by atoms with Crippen LogP contribution >= 0.6 is 35.7 Å². The van der Waals surface area contributed by atoms with Crippen molar-refractivity contribution >= 4 is 41.7 Å². The molecular weight excluding hydrogens is 397 g/mol. The molecule has 0 aliphatic carbocycles. The highest BCUT2D eigenvalue weighted by Gasteiger charge is 2.19. The second-order valence-corrected chi connectivity index (χ2v) is 6.18. The second kappa shape index (κ2) is 12.8. The molecule has 2 N–H and O–H groups in total. The molecule has 126 valence electrons. The molecule has 0 aromatic carbocycles. The smallest absolute Gasteiger partial charge is 0.191 e. The molecule has 0 amide bonds. The van der Waals surface area contributed by atoms with Crippen molar-refractivity contribution in [1.29, 1.82) is 0 Å². The molecule has 0 bridgehead atoms. The van der Waals surface area contributed by atoms with Gasteiger partial charge in [0, 0.05) is 58.1 Å². The number of aliphatic imine (C=N–C) groups is 1. The lowest BCUT2D eigenvalue weighted by molar-refractivity contribution is 0.107. The minimum absolute atomic E-state index is 0. The van der Waals surface area contributed by atoms with Crippen LogP contribution in [0.4, 0.5) is 0 Å². The van der Waals surface area contributed by atoms with Crippen molar-refractivity contribution < 1.29 is 0 Å². The first-order valence-corrected chi connectivity index (χ1v) is 9.00. The van der Waals surface area contributed by atoms with Crippen molar-refractivity contribution in [2.45, 2.75) is 19.9 Å². The fourth-order valence-corrected chi connectivity index (χ4v) is 2.69. The van der Waals surface area contributed by atoms with Crippen LogP contribution in [-0.4, -0.2) is 86.7 Å². The number of hydrogen-bond donors (Lipinski definition) is 2. The van der Waals surface area contributed by atoms with Crippen molar-refractivity contribution in [3.05, 3.63) is 0 Å². The van der Waals surface area contributed by atoms with Gasteiger partial charge in [0.05, 0.1) is 0 Å². The maximum atomic E-state index is 4.26. The lowest BCUT2D eigenvalue weighted by atomic mass is 10.2. The van der Waals surface area contributed by atoms with Gasteiger partial charge in [-0.2, -0.15) is 11.8 Å². The van der Waals surface area contributed by atoms with Crippen LogP contribution in [0.25, 0.3) is 0 Å². The van der Waals surface area contributed by atoms with Crippen molar-refractivity contribution in [2.75, 3.05) is 64.9 Å². The van der Waals surface area contributed by atoms with Gasteiger partial charge < -0.3 is 15.5 Å². The van der Waals surface area contributed by atoms with Crippen LogP contribution < -0.4 is 10.6 Å². The number of nitrogens with zero attached hydrogens (tertiary/aromatic N) is 3. The SMILES string of the molecule is CCN1CCN(C(C)CNC(=NC)NCCSC)CC1.I. The van der Waals surface area contributed by atoms with Crippen molar-refractivity contribution in [3.8, 4) is 0 Å². The van der Waals surface area contributed by atoms with E-state index in [1.54, 1.807) is 0 Å². The maximum absolute atomic E-state index is 4.26. The number of likely N-dealkylation sites (N-methyl/N-ethyl adjacent to an activating group) is 1. The van der Waals surface area contributed by atoms with Gasteiger partial charge in [-0.1, -0.05) is 6.92 Å². The van der Waals surface area contributed by atoms with E-state index in [9.17, 15) is 0 Å². The number of hydrogen-bond acceptors (Lipinski definition) is 4. The predicted molar refractivity (Wildman–Crippen MR) is 106 cm³/mol. The predicted octanol–water partition coefficient (Wildman–Crippen LogP) is 1.16. The molecule has 1 aliphatic heterocycles.